The quantitative estimate of drug-likeness (QED) is 0.577. The van der Waals surface area contributed by atoms with Crippen LogP contribution in [-0.4, -0.2) is 49.3 Å². The molecular weight excluding hydrogens is 164 g/mol. The van der Waals surface area contributed by atoms with E-state index in [0.29, 0.717) is 13.1 Å². The van der Waals surface area contributed by atoms with Crippen molar-refractivity contribution in [3.8, 4) is 0 Å². The van der Waals surface area contributed by atoms with Gasteiger partial charge in [0.05, 0.1) is 5.60 Å². The molecular formula is C10H24N2O. The van der Waals surface area contributed by atoms with E-state index in [1.165, 1.54) is 12.8 Å². The van der Waals surface area contributed by atoms with Gasteiger partial charge in [-0.2, -0.15) is 0 Å². The minimum absolute atomic E-state index is 0.614. The van der Waals surface area contributed by atoms with Crippen molar-refractivity contribution < 1.29 is 5.11 Å². The molecule has 0 aliphatic carbocycles. The molecule has 0 bridgehead atoms. The van der Waals surface area contributed by atoms with Gasteiger partial charge in [-0.1, -0.05) is 13.3 Å². The fraction of sp³-hybridized carbons (Fsp3) is 1.00. The van der Waals surface area contributed by atoms with Crippen LogP contribution in [0.15, 0.2) is 0 Å². The minimum atomic E-state index is -0.614. The molecule has 80 valence electrons. The summed E-state index contributed by atoms with van der Waals surface area (Å²) in [7, 11) is 3.95. The summed E-state index contributed by atoms with van der Waals surface area (Å²) in [5.74, 6) is 0. The van der Waals surface area contributed by atoms with Gasteiger partial charge in [0.2, 0.25) is 0 Å². The SMILES string of the molecule is CCCCNCC(C)(O)CN(C)C. The van der Waals surface area contributed by atoms with E-state index in [9.17, 15) is 5.11 Å². The van der Waals surface area contributed by atoms with Gasteiger partial charge in [-0.05, 0) is 34.0 Å². The molecule has 0 amide bonds. The summed E-state index contributed by atoms with van der Waals surface area (Å²) in [5, 5.41) is 13.1. The van der Waals surface area contributed by atoms with Crippen molar-refractivity contribution in [3.05, 3.63) is 0 Å². The maximum atomic E-state index is 9.88. The lowest BCUT2D eigenvalue weighted by Gasteiger charge is -2.27. The minimum Gasteiger partial charge on any atom is -0.388 e. The predicted octanol–water partition coefficient (Wildman–Crippen LogP) is 0.689. The first-order chi connectivity index (χ1) is 5.98. The number of aliphatic hydroxyl groups is 1. The Morgan fingerprint density at radius 2 is 2.00 bits per heavy atom. The Labute approximate surface area is 82.1 Å². The van der Waals surface area contributed by atoms with Crippen molar-refractivity contribution in [1.82, 2.24) is 10.2 Å². The highest BCUT2D eigenvalue weighted by molar-refractivity contribution is 4.77. The first kappa shape index (κ1) is 12.9. The van der Waals surface area contributed by atoms with Gasteiger partial charge in [-0.3, -0.25) is 0 Å². The van der Waals surface area contributed by atoms with E-state index in [1.54, 1.807) is 0 Å². The number of hydrogen-bond donors (Lipinski definition) is 2. The van der Waals surface area contributed by atoms with Crippen molar-refractivity contribution in [1.29, 1.82) is 0 Å². The summed E-state index contributed by atoms with van der Waals surface area (Å²) in [6, 6.07) is 0. The Bertz CT molecular complexity index is 124. The smallest absolute Gasteiger partial charge is 0.0869 e. The molecule has 3 nitrogen and oxygen atoms in total. The number of nitrogens with zero attached hydrogens (tertiary/aromatic N) is 1. The van der Waals surface area contributed by atoms with Crippen molar-refractivity contribution in [2.24, 2.45) is 0 Å². The maximum Gasteiger partial charge on any atom is 0.0869 e. The van der Waals surface area contributed by atoms with Crippen LogP contribution in [0.1, 0.15) is 26.7 Å². The van der Waals surface area contributed by atoms with E-state index >= 15 is 0 Å². The van der Waals surface area contributed by atoms with Crippen molar-refractivity contribution in [2.75, 3.05) is 33.7 Å². The molecule has 0 saturated carbocycles. The fourth-order valence-corrected chi connectivity index (χ4v) is 1.40. The number of likely N-dealkylation sites (N-methyl/N-ethyl adjacent to an activating group) is 1. The largest absolute Gasteiger partial charge is 0.388 e. The molecule has 0 saturated heterocycles. The standard InChI is InChI=1S/C10H24N2O/c1-5-6-7-11-8-10(2,13)9-12(3)4/h11,13H,5-9H2,1-4H3. The first-order valence-electron chi connectivity index (χ1n) is 5.06. The highest BCUT2D eigenvalue weighted by Gasteiger charge is 2.20. The molecule has 0 heterocycles. The third-order valence-corrected chi connectivity index (χ3v) is 1.87. The van der Waals surface area contributed by atoms with Gasteiger partial charge in [0.1, 0.15) is 0 Å². The average Bonchev–Trinajstić information content (AvgIpc) is 1.95. The number of hydrogen-bond acceptors (Lipinski definition) is 3. The summed E-state index contributed by atoms with van der Waals surface area (Å²) >= 11 is 0. The Morgan fingerprint density at radius 1 is 1.38 bits per heavy atom. The van der Waals surface area contributed by atoms with Crippen LogP contribution in [0.3, 0.4) is 0 Å². The van der Waals surface area contributed by atoms with Crippen molar-refractivity contribution in [2.45, 2.75) is 32.3 Å². The molecule has 0 fully saturated rings. The molecule has 3 heteroatoms. The number of unbranched alkanes of at least 4 members (excludes halogenated alkanes) is 1. The molecule has 2 N–H and O–H groups in total. The molecule has 1 atom stereocenters. The topological polar surface area (TPSA) is 35.5 Å². The lowest BCUT2D eigenvalue weighted by molar-refractivity contribution is 0.0340. The molecule has 1 unspecified atom stereocenters. The van der Waals surface area contributed by atoms with Gasteiger partial charge in [0.25, 0.3) is 0 Å². The second-order valence-electron chi connectivity index (χ2n) is 4.27. The van der Waals surface area contributed by atoms with E-state index in [-0.39, 0.29) is 0 Å². The number of nitrogens with one attached hydrogen (secondary N) is 1. The second kappa shape index (κ2) is 6.35. The zero-order valence-corrected chi connectivity index (χ0v) is 9.43. The Balaban J connectivity index is 3.50. The third-order valence-electron chi connectivity index (χ3n) is 1.87. The van der Waals surface area contributed by atoms with Crippen LogP contribution in [0, 0.1) is 0 Å². The molecule has 0 aliphatic rings. The normalized spacial score (nSPS) is 16.2. The van der Waals surface area contributed by atoms with Crippen LogP contribution in [0.4, 0.5) is 0 Å². The Kier molecular flexibility index (Phi) is 6.29. The molecule has 13 heavy (non-hydrogen) atoms. The molecule has 0 spiro atoms. The predicted molar refractivity (Wildman–Crippen MR) is 57.0 cm³/mol. The van der Waals surface area contributed by atoms with E-state index in [0.717, 1.165) is 6.54 Å². The van der Waals surface area contributed by atoms with E-state index in [1.807, 2.05) is 25.9 Å². The molecule has 0 rings (SSSR count). The van der Waals surface area contributed by atoms with E-state index in [2.05, 4.69) is 12.2 Å². The summed E-state index contributed by atoms with van der Waals surface area (Å²) in [4.78, 5) is 2.00. The summed E-state index contributed by atoms with van der Waals surface area (Å²) < 4.78 is 0. The molecule has 0 radical (unpaired) electrons. The third kappa shape index (κ3) is 8.22. The monoisotopic (exact) mass is 188 g/mol. The highest BCUT2D eigenvalue weighted by atomic mass is 16.3. The highest BCUT2D eigenvalue weighted by Crippen LogP contribution is 2.02. The van der Waals surface area contributed by atoms with Crippen molar-refractivity contribution in [3.63, 3.8) is 0 Å². The van der Waals surface area contributed by atoms with E-state index in [4.69, 9.17) is 0 Å². The van der Waals surface area contributed by atoms with Gasteiger partial charge in [0, 0.05) is 13.1 Å². The van der Waals surface area contributed by atoms with Gasteiger partial charge < -0.3 is 15.3 Å². The molecule has 0 aromatic heterocycles. The second-order valence-corrected chi connectivity index (χ2v) is 4.27. The average molecular weight is 188 g/mol. The van der Waals surface area contributed by atoms with E-state index < -0.39 is 5.60 Å². The van der Waals surface area contributed by atoms with Gasteiger partial charge in [-0.15, -0.1) is 0 Å². The summed E-state index contributed by atoms with van der Waals surface area (Å²) in [6.45, 7) is 6.41. The van der Waals surface area contributed by atoms with Gasteiger partial charge in [-0.25, -0.2) is 0 Å². The maximum absolute atomic E-state index is 9.88. The lowest BCUT2D eigenvalue weighted by atomic mass is 10.1. The first-order valence-corrected chi connectivity index (χ1v) is 5.06. The fourth-order valence-electron chi connectivity index (χ4n) is 1.40. The summed E-state index contributed by atoms with van der Waals surface area (Å²) in [6.07, 6.45) is 2.38. The van der Waals surface area contributed by atoms with Gasteiger partial charge in [0.15, 0.2) is 0 Å². The van der Waals surface area contributed by atoms with Crippen LogP contribution >= 0.6 is 0 Å². The van der Waals surface area contributed by atoms with Crippen LogP contribution in [-0.2, 0) is 0 Å². The molecule has 0 aliphatic heterocycles. The van der Waals surface area contributed by atoms with Crippen LogP contribution in [0.5, 0.6) is 0 Å². The van der Waals surface area contributed by atoms with Crippen LogP contribution in [0.25, 0.3) is 0 Å². The van der Waals surface area contributed by atoms with Gasteiger partial charge >= 0.3 is 0 Å². The van der Waals surface area contributed by atoms with Crippen molar-refractivity contribution >= 4 is 0 Å². The number of rotatable bonds is 7. The molecule has 0 aromatic carbocycles. The zero-order chi connectivity index (χ0) is 10.3. The summed E-state index contributed by atoms with van der Waals surface area (Å²) in [5.41, 5.74) is -0.614. The Hall–Kier alpha value is -0.120. The lowest BCUT2D eigenvalue weighted by Crippen LogP contribution is -2.45. The Morgan fingerprint density at radius 3 is 2.46 bits per heavy atom. The van der Waals surface area contributed by atoms with Crippen LogP contribution < -0.4 is 5.32 Å². The zero-order valence-electron chi connectivity index (χ0n) is 9.43. The molecule has 0 aromatic rings. The van der Waals surface area contributed by atoms with Crippen LogP contribution in [0.2, 0.25) is 0 Å².